The highest BCUT2D eigenvalue weighted by atomic mass is 35.5. The first-order valence-electron chi connectivity index (χ1n) is 8.95. The van der Waals surface area contributed by atoms with Gasteiger partial charge in [-0.05, 0) is 42.5 Å². The van der Waals surface area contributed by atoms with Gasteiger partial charge in [-0.25, -0.2) is 9.18 Å². The summed E-state index contributed by atoms with van der Waals surface area (Å²) in [6, 6.07) is 14.5. The van der Waals surface area contributed by atoms with Crippen LogP contribution in [0.25, 0.3) is 10.9 Å². The standard InChI is InChI=1S/C22H15Cl2FN2O3/c23-15-6-7-21(30-12-13-4-5-16(24)9-19(13)25)14(8-15)11-27-20-3-1-2-17(22(28)29)18(20)10-26-27/h1-10H,11-12H2,(H,28,29). The Kier molecular flexibility index (Phi) is 5.61. The van der Waals surface area contributed by atoms with Gasteiger partial charge in [0.2, 0.25) is 0 Å². The van der Waals surface area contributed by atoms with Gasteiger partial charge in [-0.1, -0.05) is 35.3 Å². The fourth-order valence-electron chi connectivity index (χ4n) is 3.18. The molecule has 0 aliphatic heterocycles. The minimum Gasteiger partial charge on any atom is -0.488 e. The first kappa shape index (κ1) is 20.2. The third-order valence-electron chi connectivity index (χ3n) is 4.66. The van der Waals surface area contributed by atoms with Crippen LogP contribution in [0.15, 0.2) is 60.8 Å². The molecule has 152 valence electrons. The van der Waals surface area contributed by atoms with Crippen molar-refractivity contribution in [2.45, 2.75) is 13.2 Å². The lowest BCUT2D eigenvalue weighted by Crippen LogP contribution is -2.06. The molecule has 0 fully saturated rings. The molecule has 0 atom stereocenters. The lowest BCUT2D eigenvalue weighted by atomic mass is 10.1. The Balaban J connectivity index is 1.64. The molecule has 0 spiro atoms. The van der Waals surface area contributed by atoms with Crippen LogP contribution in [0.3, 0.4) is 0 Å². The van der Waals surface area contributed by atoms with Crippen molar-refractivity contribution >= 4 is 40.1 Å². The predicted molar refractivity (Wildman–Crippen MR) is 113 cm³/mol. The highest BCUT2D eigenvalue weighted by Gasteiger charge is 2.14. The van der Waals surface area contributed by atoms with Crippen molar-refractivity contribution in [3.63, 3.8) is 0 Å². The maximum absolute atomic E-state index is 14.1. The van der Waals surface area contributed by atoms with Gasteiger partial charge >= 0.3 is 5.97 Å². The van der Waals surface area contributed by atoms with Crippen LogP contribution in [0.4, 0.5) is 4.39 Å². The van der Waals surface area contributed by atoms with Crippen LogP contribution in [0.2, 0.25) is 10.0 Å². The molecule has 0 saturated carbocycles. The van der Waals surface area contributed by atoms with Gasteiger partial charge in [-0.15, -0.1) is 0 Å². The van der Waals surface area contributed by atoms with Gasteiger partial charge in [0.05, 0.1) is 23.8 Å². The molecule has 1 heterocycles. The van der Waals surface area contributed by atoms with Crippen molar-refractivity contribution in [3.8, 4) is 5.75 Å². The van der Waals surface area contributed by atoms with Crippen LogP contribution in [-0.2, 0) is 13.2 Å². The molecule has 0 saturated heterocycles. The molecule has 0 unspecified atom stereocenters. The number of hydrogen-bond acceptors (Lipinski definition) is 3. The molecule has 8 heteroatoms. The average Bonchev–Trinajstić information content (AvgIpc) is 3.11. The van der Waals surface area contributed by atoms with E-state index in [1.807, 2.05) is 0 Å². The van der Waals surface area contributed by atoms with Gasteiger partial charge in [-0.2, -0.15) is 5.10 Å². The molecule has 0 bridgehead atoms. The van der Waals surface area contributed by atoms with Crippen molar-refractivity contribution < 1.29 is 19.0 Å². The second-order valence-corrected chi connectivity index (χ2v) is 7.50. The Morgan fingerprint density at radius 3 is 2.60 bits per heavy atom. The normalized spacial score (nSPS) is 11.0. The number of fused-ring (bicyclic) bond motifs is 1. The lowest BCUT2D eigenvalue weighted by Gasteiger charge is -2.13. The van der Waals surface area contributed by atoms with E-state index in [0.717, 1.165) is 5.56 Å². The summed E-state index contributed by atoms with van der Waals surface area (Å²) in [6.45, 7) is 0.312. The number of nitrogens with zero attached hydrogens (tertiary/aromatic N) is 2. The minimum atomic E-state index is -1.02. The van der Waals surface area contributed by atoms with E-state index in [1.54, 1.807) is 47.1 Å². The Morgan fingerprint density at radius 2 is 1.83 bits per heavy atom. The van der Waals surface area contributed by atoms with E-state index in [0.29, 0.717) is 38.8 Å². The number of carboxylic acids is 1. The second kappa shape index (κ2) is 8.34. The van der Waals surface area contributed by atoms with Crippen LogP contribution in [0, 0.1) is 5.82 Å². The predicted octanol–water partition coefficient (Wildman–Crippen LogP) is 5.81. The number of ether oxygens (including phenoxy) is 1. The number of aromatic nitrogens is 2. The third kappa shape index (κ3) is 4.10. The Labute approximate surface area is 181 Å². The number of halogens is 3. The van der Waals surface area contributed by atoms with Crippen molar-refractivity contribution in [2.24, 2.45) is 0 Å². The van der Waals surface area contributed by atoms with E-state index in [9.17, 15) is 14.3 Å². The maximum atomic E-state index is 14.1. The Morgan fingerprint density at radius 1 is 1.07 bits per heavy atom. The zero-order valence-electron chi connectivity index (χ0n) is 15.5. The van der Waals surface area contributed by atoms with Crippen molar-refractivity contribution in [1.82, 2.24) is 9.78 Å². The summed E-state index contributed by atoms with van der Waals surface area (Å²) in [5.41, 5.74) is 1.95. The summed E-state index contributed by atoms with van der Waals surface area (Å²) in [4.78, 5) is 11.4. The summed E-state index contributed by atoms with van der Waals surface area (Å²) in [6.07, 6.45) is 1.52. The van der Waals surface area contributed by atoms with Crippen LogP contribution >= 0.6 is 23.2 Å². The number of carbonyl (C=O) groups is 1. The molecule has 4 rings (SSSR count). The molecular weight excluding hydrogens is 430 g/mol. The summed E-state index contributed by atoms with van der Waals surface area (Å²) in [5.74, 6) is -0.944. The fraction of sp³-hybridized carbons (Fsp3) is 0.0909. The van der Waals surface area contributed by atoms with Crippen LogP contribution < -0.4 is 4.74 Å². The molecule has 4 aromatic rings. The second-order valence-electron chi connectivity index (χ2n) is 6.62. The van der Waals surface area contributed by atoms with Crippen LogP contribution in [0.1, 0.15) is 21.5 Å². The van der Waals surface area contributed by atoms with Crippen molar-refractivity contribution in [2.75, 3.05) is 0 Å². The number of hydrogen-bond donors (Lipinski definition) is 1. The van der Waals surface area contributed by atoms with Gasteiger partial charge in [0.15, 0.2) is 0 Å². The van der Waals surface area contributed by atoms with Crippen molar-refractivity contribution in [1.29, 1.82) is 0 Å². The monoisotopic (exact) mass is 444 g/mol. The fourth-order valence-corrected chi connectivity index (χ4v) is 3.54. The van der Waals surface area contributed by atoms with Gasteiger partial charge in [-0.3, -0.25) is 4.68 Å². The molecule has 3 aromatic carbocycles. The van der Waals surface area contributed by atoms with Gasteiger partial charge < -0.3 is 9.84 Å². The largest absolute Gasteiger partial charge is 0.488 e. The highest BCUT2D eigenvalue weighted by Crippen LogP contribution is 2.27. The quantitative estimate of drug-likeness (QED) is 0.407. The van der Waals surface area contributed by atoms with E-state index in [1.165, 1.54) is 18.3 Å². The summed E-state index contributed by atoms with van der Waals surface area (Å²) >= 11 is 12.0. The average molecular weight is 445 g/mol. The molecule has 0 aliphatic rings. The summed E-state index contributed by atoms with van der Waals surface area (Å²) in [5, 5.41) is 15.1. The van der Waals surface area contributed by atoms with Gasteiger partial charge in [0.1, 0.15) is 18.2 Å². The third-order valence-corrected chi connectivity index (χ3v) is 5.13. The topological polar surface area (TPSA) is 64.3 Å². The first-order valence-corrected chi connectivity index (χ1v) is 9.71. The number of rotatable bonds is 6. The van der Waals surface area contributed by atoms with E-state index in [2.05, 4.69) is 5.10 Å². The zero-order chi connectivity index (χ0) is 21.3. The highest BCUT2D eigenvalue weighted by molar-refractivity contribution is 6.30. The van der Waals surface area contributed by atoms with Gasteiger partial charge in [0.25, 0.3) is 0 Å². The van der Waals surface area contributed by atoms with Crippen LogP contribution in [0.5, 0.6) is 5.75 Å². The summed E-state index contributed by atoms with van der Waals surface area (Å²) in [7, 11) is 0. The van der Waals surface area contributed by atoms with Gasteiger partial charge in [0, 0.05) is 26.6 Å². The number of benzene rings is 3. The Hall–Kier alpha value is -3.09. The SMILES string of the molecule is O=C(O)c1cccc2c1cnn2Cc1cc(Cl)ccc1OCc1ccc(Cl)cc1F. The van der Waals surface area contributed by atoms with Crippen LogP contribution in [-0.4, -0.2) is 20.9 Å². The minimum absolute atomic E-state index is 0.0145. The van der Waals surface area contributed by atoms with E-state index in [-0.39, 0.29) is 12.2 Å². The number of carboxylic acid groups (broad SMARTS) is 1. The molecule has 1 N–H and O–H groups in total. The summed E-state index contributed by atoms with van der Waals surface area (Å²) < 4.78 is 21.6. The molecule has 30 heavy (non-hydrogen) atoms. The van der Waals surface area contributed by atoms with E-state index in [4.69, 9.17) is 27.9 Å². The smallest absolute Gasteiger partial charge is 0.336 e. The Bertz CT molecular complexity index is 1260. The first-order chi connectivity index (χ1) is 14.4. The molecule has 1 aromatic heterocycles. The molecular formula is C22H15Cl2FN2O3. The molecule has 0 aliphatic carbocycles. The zero-order valence-corrected chi connectivity index (χ0v) is 17.0. The molecule has 5 nitrogen and oxygen atoms in total. The maximum Gasteiger partial charge on any atom is 0.336 e. The lowest BCUT2D eigenvalue weighted by molar-refractivity contribution is 0.0699. The van der Waals surface area contributed by atoms with E-state index < -0.39 is 11.8 Å². The molecule has 0 amide bonds. The molecule has 0 radical (unpaired) electrons. The van der Waals surface area contributed by atoms with Crippen molar-refractivity contribution in [3.05, 3.63) is 93.3 Å². The van der Waals surface area contributed by atoms with E-state index >= 15 is 0 Å². The number of aromatic carboxylic acids is 1.